The molecule has 1 atom stereocenters. The highest BCUT2D eigenvalue weighted by atomic mass is 32.1. The normalized spacial score (nSPS) is 11.4. The fourth-order valence-corrected chi connectivity index (χ4v) is 3.48. The lowest BCUT2D eigenvalue weighted by Crippen LogP contribution is -2.32. The van der Waals surface area contributed by atoms with E-state index in [4.69, 9.17) is 10.5 Å². The number of thiophene rings is 1. The molecular weight excluding hydrogens is 394 g/mol. The van der Waals surface area contributed by atoms with Gasteiger partial charge in [-0.25, -0.2) is 4.79 Å². The number of hydrogen-bond donors (Lipinski definition) is 2. The van der Waals surface area contributed by atoms with Gasteiger partial charge in [0.15, 0.2) is 6.61 Å². The Bertz CT molecular complexity index is 1020. The number of nitrogens with two attached hydrogens (primary N) is 1. The van der Waals surface area contributed by atoms with Gasteiger partial charge in [-0.05, 0) is 23.1 Å². The van der Waals surface area contributed by atoms with Crippen molar-refractivity contribution in [2.45, 2.75) is 6.04 Å². The lowest BCUT2D eigenvalue weighted by Gasteiger charge is -2.18. The third kappa shape index (κ3) is 4.96. The van der Waals surface area contributed by atoms with Crippen LogP contribution in [0.2, 0.25) is 0 Å². The van der Waals surface area contributed by atoms with Gasteiger partial charge in [0.25, 0.3) is 11.6 Å². The quantitative estimate of drug-likeness (QED) is 0.266. The first-order valence-electron chi connectivity index (χ1n) is 8.54. The highest BCUT2D eigenvalue weighted by Crippen LogP contribution is 2.26. The number of nitro groups is 1. The van der Waals surface area contributed by atoms with Crippen LogP contribution in [0.15, 0.2) is 66.0 Å². The number of non-ortho nitro benzene ring substituents is 1. The topological polar surface area (TPSA) is 125 Å². The number of nitrogen functional groups attached to an aromatic ring is 1. The van der Waals surface area contributed by atoms with E-state index in [0.717, 1.165) is 22.6 Å². The van der Waals surface area contributed by atoms with E-state index in [1.54, 1.807) is 0 Å². The van der Waals surface area contributed by atoms with Crippen molar-refractivity contribution in [3.8, 4) is 0 Å². The molecule has 3 N–H and O–H groups in total. The van der Waals surface area contributed by atoms with Crippen LogP contribution in [0.4, 0.5) is 11.4 Å². The van der Waals surface area contributed by atoms with E-state index in [1.165, 1.54) is 17.4 Å². The number of nitrogens with zero attached hydrogens (tertiary/aromatic N) is 1. The van der Waals surface area contributed by atoms with Crippen molar-refractivity contribution in [1.82, 2.24) is 5.32 Å². The molecule has 2 aromatic carbocycles. The number of esters is 1. The second kappa shape index (κ2) is 8.98. The Balaban J connectivity index is 1.65. The molecule has 0 saturated carbocycles. The molecule has 0 aliphatic carbocycles. The Kier molecular flexibility index (Phi) is 6.20. The number of ether oxygens (including phenoxy) is 1. The molecule has 1 heterocycles. The molecule has 1 aromatic heterocycles. The molecule has 3 rings (SSSR count). The standard InChI is InChI=1S/C20H17N3O5S/c21-16-11-14(23(26)27)8-9-15(16)20(25)28-12-18(24)22-19(17-7-4-10-29-17)13-5-2-1-3-6-13/h1-11,19H,12,21H2,(H,22,24)/t19-/m0/s1. The van der Waals surface area contributed by atoms with Gasteiger partial charge in [-0.1, -0.05) is 36.4 Å². The number of carbonyl (C=O) groups excluding carboxylic acids is 2. The zero-order chi connectivity index (χ0) is 20.8. The van der Waals surface area contributed by atoms with Crippen LogP contribution in [0.1, 0.15) is 26.8 Å². The molecule has 0 saturated heterocycles. The first-order chi connectivity index (χ1) is 14.0. The summed E-state index contributed by atoms with van der Waals surface area (Å²) in [5.41, 5.74) is 6.21. The van der Waals surface area contributed by atoms with Gasteiger partial charge in [0.1, 0.15) is 0 Å². The molecule has 3 aromatic rings. The first kappa shape index (κ1) is 20.0. The summed E-state index contributed by atoms with van der Waals surface area (Å²) in [7, 11) is 0. The van der Waals surface area contributed by atoms with Crippen LogP contribution in [0.5, 0.6) is 0 Å². The van der Waals surface area contributed by atoms with Crippen LogP contribution in [-0.2, 0) is 9.53 Å². The molecule has 148 valence electrons. The second-order valence-corrected chi connectivity index (χ2v) is 7.01. The van der Waals surface area contributed by atoms with Gasteiger partial charge in [0.2, 0.25) is 0 Å². The molecular formula is C20H17N3O5S. The smallest absolute Gasteiger partial charge is 0.340 e. The summed E-state index contributed by atoms with van der Waals surface area (Å²) >= 11 is 1.50. The number of rotatable bonds is 7. The number of carbonyl (C=O) groups is 2. The van der Waals surface area contributed by atoms with Gasteiger partial charge in [-0.15, -0.1) is 11.3 Å². The van der Waals surface area contributed by atoms with Gasteiger partial charge in [-0.2, -0.15) is 0 Å². The fourth-order valence-electron chi connectivity index (χ4n) is 2.68. The van der Waals surface area contributed by atoms with E-state index in [2.05, 4.69) is 5.32 Å². The average Bonchev–Trinajstić information content (AvgIpc) is 3.25. The Labute approximate surface area is 170 Å². The monoisotopic (exact) mass is 411 g/mol. The Morgan fingerprint density at radius 2 is 1.90 bits per heavy atom. The summed E-state index contributed by atoms with van der Waals surface area (Å²) < 4.78 is 5.03. The molecule has 0 radical (unpaired) electrons. The van der Waals surface area contributed by atoms with Crippen molar-refractivity contribution in [2.75, 3.05) is 12.3 Å². The summed E-state index contributed by atoms with van der Waals surface area (Å²) in [6.45, 7) is -0.510. The summed E-state index contributed by atoms with van der Waals surface area (Å²) in [6, 6.07) is 16.3. The number of nitro benzene ring substituents is 1. The highest BCUT2D eigenvalue weighted by Gasteiger charge is 2.20. The second-order valence-electron chi connectivity index (χ2n) is 6.03. The fraction of sp³-hybridized carbons (Fsp3) is 0.100. The van der Waals surface area contributed by atoms with Crippen LogP contribution >= 0.6 is 11.3 Å². The molecule has 0 spiro atoms. The van der Waals surface area contributed by atoms with Gasteiger partial charge in [0, 0.05) is 17.0 Å². The average molecular weight is 411 g/mol. The van der Waals surface area contributed by atoms with Crippen LogP contribution in [0.3, 0.4) is 0 Å². The maximum Gasteiger partial charge on any atom is 0.340 e. The molecule has 29 heavy (non-hydrogen) atoms. The Hall–Kier alpha value is -3.72. The predicted molar refractivity (Wildman–Crippen MR) is 109 cm³/mol. The van der Waals surface area contributed by atoms with Crippen molar-refractivity contribution < 1.29 is 19.2 Å². The maximum absolute atomic E-state index is 12.4. The summed E-state index contributed by atoms with van der Waals surface area (Å²) in [5, 5.41) is 15.5. The van der Waals surface area contributed by atoms with Gasteiger partial charge in [0.05, 0.1) is 22.2 Å². The minimum atomic E-state index is -0.833. The summed E-state index contributed by atoms with van der Waals surface area (Å²) in [6.07, 6.45) is 0. The lowest BCUT2D eigenvalue weighted by molar-refractivity contribution is -0.384. The van der Waals surface area contributed by atoms with Crippen molar-refractivity contribution in [3.05, 3.63) is 92.2 Å². The molecule has 1 amide bonds. The molecule has 0 unspecified atom stereocenters. The first-order valence-corrected chi connectivity index (χ1v) is 9.42. The lowest BCUT2D eigenvalue weighted by atomic mass is 10.1. The molecule has 8 nitrogen and oxygen atoms in total. The van der Waals surface area contributed by atoms with E-state index in [1.807, 2.05) is 47.8 Å². The van der Waals surface area contributed by atoms with Crippen LogP contribution < -0.4 is 11.1 Å². The third-order valence-corrected chi connectivity index (χ3v) is 5.00. The van der Waals surface area contributed by atoms with E-state index < -0.39 is 23.4 Å². The minimum Gasteiger partial charge on any atom is -0.452 e. The number of amides is 1. The van der Waals surface area contributed by atoms with Crippen LogP contribution in [-0.4, -0.2) is 23.4 Å². The van der Waals surface area contributed by atoms with Crippen molar-refractivity contribution >= 4 is 34.6 Å². The third-order valence-electron chi connectivity index (χ3n) is 4.07. The van der Waals surface area contributed by atoms with Crippen molar-refractivity contribution in [2.24, 2.45) is 0 Å². The summed E-state index contributed by atoms with van der Waals surface area (Å²) in [4.78, 5) is 35.6. The van der Waals surface area contributed by atoms with Crippen molar-refractivity contribution in [1.29, 1.82) is 0 Å². The van der Waals surface area contributed by atoms with Crippen LogP contribution in [0, 0.1) is 10.1 Å². The zero-order valence-corrected chi connectivity index (χ0v) is 15.9. The molecule has 9 heteroatoms. The predicted octanol–water partition coefficient (Wildman–Crippen LogP) is 3.30. The zero-order valence-electron chi connectivity index (χ0n) is 15.1. The van der Waals surface area contributed by atoms with E-state index >= 15 is 0 Å². The number of nitrogens with one attached hydrogen (secondary N) is 1. The molecule has 0 bridgehead atoms. The number of benzene rings is 2. The number of anilines is 1. The number of hydrogen-bond acceptors (Lipinski definition) is 7. The SMILES string of the molecule is Nc1cc([N+](=O)[O-])ccc1C(=O)OCC(=O)N[C@@H](c1ccccc1)c1cccs1. The van der Waals surface area contributed by atoms with Crippen LogP contribution in [0.25, 0.3) is 0 Å². The Morgan fingerprint density at radius 1 is 1.14 bits per heavy atom. The maximum atomic E-state index is 12.4. The molecule has 0 fully saturated rings. The van der Waals surface area contributed by atoms with Gasteiger partial charge < -0.3 is 15.8 Å². The summed E-state index contributed by atoms with van der Waals surface area (Å²) in [5.74, 6) is -1.32. The highest BCUT2D eigenvalue weighted by molar-refractivity contribution is 7.10. The van der Waals surface area contributed by atoms with Gasteiger partial charge in [-0.3, -0.25) is 14.9 Å². The minimum absolute atomic E-state index is 0.0405. The molecule has 0 aliphatic heterocycles. The van der Waals surface area contributed by atoms with Gasteiger partial charge >= 0.3 is 5.97 Å². The Morgan fingerprint density at radius 3 is 2.52 bits per heavy atom. The largest absolute Gasteiger partial charge is 0.452 e. The molecule has 0 aliphatic rings. The van der Waals surface area contributed by atoms with Crippen molar-refractivity contribution in [3.63, 3.8) is 0 Å². The van der Waals surface area contributed by atoms with E-state index in [9.17, 15) is 19.7 Å². The van der Waals surface area contributed by atoms with E-state index in [-0.39, 0.29) is 23.0 Å². The van der Waals surface area contributed by atoms with E-state index in [0.29, 0.717) is 0 Å².